The van der Waals surface area contributed by atoms with Gasteiger partial charge in [-0.3, -0.25) is 14.6 Å². The number of hydrogen-bond acceptors (Lipinski definition) is 5. The van der Waals surface area contributed by atoms with Crippen LogP contribution in [0, 0.1) is 0 Å². The number of likely N-dealkylation sites (N-methyl/N-ethyl adjacent to an activating group) is 1. The predicted molar refractivity (Wildman–Crippen MR) is 104 cm³/mol. The van der Waals surface area contributed by atoms with Gasteiger partial charge in [0.05, 0.1) is 17.9 Å². The van der Waals surface area contributed by atoms with Crippen molar-refractivity contribution in [1.29, 1.82) is 0 Å². The van der Waals surface area contributed by atoms with Crippen molar-refractivity contribution < 1.29 is 9.59 Å². The van der Waals surface area contributed by atoms with Crippen LogP contribution >= 0.6 is 0 Å². The summed E-state index contributed by atoms with van der Waals surface area (Å²) in [6, 6.07) is 5.59. The van der Waals surface area contributed by atoms with E-state index >= 15 is 0 Å². The molecule has 0 bridgehead atoms. The van der Waals surface area contributed by atoms with Gasteiger partial charge >= 0.3 is 0 Å². The minimum absolute atomic E-state index is 0.0532. The zero-order valence-corrected chi connectivity index (χ0v) is 16.2. The third kappa shape index (κ3) is 3.77. The number of piperazine rings is 1. The number of rotatable bonds is 4. The first kappa shape index (κ1) is 18.6. The van der Waals surface area contributed by atoms with Gasteiger partial charge in [0.15, 0.2) is 5.82 Å². The molecule has 0 radical (unpaired) electrons. The minimum Gasteiger partial charge on any atom is -0.344 e. The maximum atomic E-state index is 13.1. The van der Waals surface area contributed by atoms with Crippen molar-refractivity contribution in [2.45, 2.75) is 32.4 Å². The number of hydrogen-bond donors (Lipinski definition) is 1. The van der Waals surface area contributed by atoms with Gasteiger partial charge in [-0.1, -0.05) is 6.07 Å². The van der Waals surface area contributed by atoms with E-state index in [0.717, 1.165) is 50.3 Å². The maximum Gasteiger partial charge on any atom is 0.287 e. The van der Waals surface area contributed by atoms with Gasteiger partial charge in [0.1, 0.15) is 5.69 Å². The number of carbonyl (C=O) groups excluding carboxylic acids is 2. The normalized spacial score (nSPS) is 17.2. The monoisotopic (exact) mass is 382 g/mol. The Bertz CT molecular complexity index is 855. The highest BCUT2D eigenvalue weighted by molar-refractivity contribution is 5.97. The van der Waals surface area contributed by atoms with Crippen LogP contribution in [-0.2, 0) is 19.5 Å². The van der Waals surface area contributed by atoms with Gasteiger partial charge in [0, 0.05) is 38.9 Å². The van der Waals surface area contributed by atoms with Gasteiger partial charge in [-0.05, 0) is 38.4 Å². The van der Waals surface area contributed by atoms with E-state index in [9.17, 15) is 9.59 Å². The molecule has 0 saturated carbocycles. The van der Waals surface area contributed by atoms with Gasteiger partial charge in [0.2, 0.25) is 0 Å². The first-order valence-corrected chi connectivity index (χ1v) is 9.89. The van der Waals surface area contributed by atoms with E-state index in [0.29, 0.717) is 31.2 Å². The number of pyridine rings is 1. The third-order valence-electron chi connectivity index (χ3n) is 5.47. The topological polar surface area (TPSA) is 83.4 Å². The molecule has 2 amide bonds. The number of fused-ring (bicyclic) bond motifs is 1. The van der Waals surface area contributed by atoms with E-state index in [1.807, 2.05) is 27.7 Å². The SMILES string of the molecule is CN1CCN(C(=O)c2nc(C(=O)NCc3ccccn3)n3c2CCCC3)CC1. The van der Waals surface area contributed by atoms with Crippen LogP contribution in [0.1, 0.15) is 45.3 Å². The Morgan fingerprint density at radius 3 is 2.68 bits per heavy atom. The Morgan fingerprint density at radius 2 is 1.93 bits per heavy atom. The maximum absolute atomic E-state index is 13.1. The Morgan fingerprint density at radius 1 is 1.11 bits per heavy atom. The molecule has 4 rings (SSSR count). The van der Waals surface area contributed by atoms with Crippen LogP contribution in [0.4, 0.5) is 0 Å². The summed E-state index contributed by atoms with van der Waals surface area (Å²) in [6.45, 7) is 4.18. The van der Waals surface area contributed by atoms with E-state index in [1.165, 1.54) is 0 Å². The highest BCUT2D eigenvalue weighted by Gasteiger charge is 2.30. The van der Waals surface area contributed by atoms with Gasteiger partial charge in [-0.15, -0.1) is 0 Å². The van der Waals surface area contributed by atoms with E-state index in [4.69, 9.17) is 0 Å². The fourth-order valence-corrected chi connectivity index (χ4v) is 3.80. The Labute approximate surface area is 164 Å². The number of carbonyl (C=O) groups is 2. The molecule has 2 aliphatic rings. The summed E-state index contributed by atoms with van der Waals surface area (Å²) >= 11 is 0. The molecule has 1 saturated heterocycles. The van der Waals surface area contributed by atoms with Gasteiger partial charge in [-0.25, -0.2) is 4.98 Å². The summed E-state index contributed by atoms with van der Waals surface area (Å²) in [5.74, 6) is 0.0249. The molecule has 148 valence electrons. The number of nitrogens with zero attached hydrogens (tertiary/aromatic N) is 5. The molecule has 0 aromatic carbocycles. The van der Waals surface area contributed by atoms with E-state index in [-0.39, 0.29) is 11.8 Å². The molecular weight excluding hydrogens is 356 g/mol. The molecule has 2 aromatic heterocycles. The Balaban J connectivity index is 1.54. The minimum atomic E-state index is -0.258. The zero-order chi connectivity index (χ0) is 19.5. The summed E-state index contributed by atoms with van der Waals surface area (Å²) in [4.78, 5) is 38.7. The van der Waals surface area contributed by atoms with Crippen LogP contribution in [0.5, 0.6) is 0 Å². The van der Waals surface area contributed by atoms with Crippen molar-refractivity contribution in [2.75, 3.05) is 33.2 Å². The highest BCUT2D eigenvalue weighted by Crippen LogP contribution is 2.23. The van der Waals surface area contributed by atoms with Crippen molar-refractivity contribution in [1.82, 2.24) is 29.7 Å². The molecule has 0 aliphatic carbocycles. The quantitative estimate of drug-likeness (QED) is 0.851. The van der Waals surface area contributed by atoms with Crippen LogP contribution in [-0.4, -0.2) is 69.4 Å². The predicted octanol–water partition coefficient (Wildman–Crippen LogP) is 0.932. The molecule has 4 heterocycles. The van der Waals surface area contributed by atoms with Gasteiger partial charge < -0.3 is 19.7 Å². The first-order valence-electron chi connectivity index (χ1n) is 9.89. The van der Waals surface area contributed by atoms with Crippen molar-refractivity contribution in [3.63, 3.8) is 0 Å². The molecule has 8 nitrogen and oxygen atoms in total. The van der Waals surface area contributed by atoms with Crippen LogP contribution in [0.25, 0.3) is 0 Å². The lowest BCUT2D eigenvalue weighted by molar-refractivity contribution is 0.0657. The Hall–Kier alpha value is -2.74. The Kier molecular flexibility index (Phi) is 5.38. The van der Waals surface area contributed by atoms with Crippen LogP contribution in [0.3, 0.4) is 0 Å². The second kappa shape index (κ2) is 8.10. The van der Waals surface area contributed by atoms with Crippen LogP contribution in [0.2, 0.25) is 0 Å². The largest absolute Gasteiger partial charge is 0.344 e. The summed E-state index contributed by atoms with van der Waals surface area (Å²) in [5.41, 5.74) is 2.14. The lowest BCUT2D eigenvalue weighted by Crippen LogP contribution is -2.47. The van der Waals surface area contributed by atoms with Crippen molar-refractivity contribution in [3.05, 3.63) is 47.3 Å². The summed E-state index contributed by atoms with van der Waals surface area (Å²) in [5, 5.41) is 2.89. The second-order valence-electron chi connectivity index (χ2n) is 7.44. The fourth-order valence-electron chi connectivity index (χ4n) is 3.80. The highest BCUT2D eigenvalue weighted by atomic mass is 16.2. The molecule has 2 aromatic rings. The summed E-state index contributed by atoms with van der Waals surface area (Å²) in [7, 11) is 2.06. The van der Waals surface area contributed by atoms with E-state index in [2.05, 4.69) is 27.2 Å². The summed E-state index contributed by atoms with van der Waals surface area (Å²) in [6.07, 6.45) is 4.50. The molecule has 1 fully saturated rings. The number of amides is 2. The molecule has 0 unspecified atom stereocenters. The molecular formula is C20H26N6O2. The average Bonchev–Trinajstić information content (AvgIpc) is 3.13. The lowest BCUT2D eigenvalue weighted by atomic mass is 10.1. The first-order chi connectivity index (χ1) is 13.6. The van der Waals surface area contributed by atoms with Gasteiger partial charge in [-0.2, -0.15) is 0 Å². The van der Waals surface area contributed by atoms with E-state index in [1.54, 1.807) is 6.20 Å². The average molecular weight is 382 g/mol. The number of aromatic nitrogens is 3. The van der Waals surface area contributed by atoms with Crippen LogP contribution < -0.4 is 5.32 Å². The van der Waals surface area contributed by atoms with Crippen molar-refractivity contribution in [2.24, 2.45) is 0 Å². The van der Waals surface area contributed by atoms with Crippen LogP contribution in [0.15, 0.2) is 24.4 Å². The molecule has 0 atom stereocenters. The third-order valence-corrected chi connectivity index (χ3v) is 5.47. The number of nitrogens with one attached hydrogen (secondary N) is 1. The van der Waals surface area contributed by atoms with E-state index < -0.39 is 0 Å². The van der Waals surface area contributed by atoms with Crippen molar-refractivity contribution >= 4 is 11.8 Å². The van der Waals surface area contributed by atoms with Crippen molar-refractivity contribution in [3.8, 4) is 0 Å². The lowest BCUT2D eigenvalue weighted by Gasteiger charge is -2.32. The standard InChI is InChI=1S/C20H26N6O2/c1-24-10-12-25(13-11-24)20(28)17-16-7-3-5-9-26(16)18(23-17)19(27)22-14-15-6-2-4-8-21-15/h2,4,6,8H,3,5,7,9-14H2,1H3,(H,22,27). The second-order valence-corrected chi connectivity index (χ2v) is 7.44. The van der Waals surface area contributed by atoms with Gasteiger partial charge in [0.25, 0.3) is 11.8 Å². The fraction of sp³-hybridized carbons (Fsp3) is 0.500. The zero-order valence-electron chi connectivity index (χ0n) is 16.2. The molecule has 2 aliphatic heterocycles. The molecule has 28 heavy (non-hydrogen) atoms. The molecule has 1 N–H and O–H groups in total. The molecule has 8 heteroatoms. The summed E-state index contributed by atoms with van der Waals surface area (Å²) < 4.78 is 1.93. The smallest absolute Gasteiger partial charge is 0.287 e. The molecule has 0 spiro atoms. The number of imidazole rings is 1.